The Labute approximate surface area is 153 Å². The molecule has 0 unspecified atom stereocenters. The smallest absolute Gasteiger partial charge is 0.233 e. The van der Waals surface area contributed by atoms with Crippen LogP contribution in [0.2, 0.25) is 0 Å². The van der Waals surface area contributed by atoms with Gasteiger partial charge >= 0.3 is 0 Å². The summed E-state index contributed by atoms with van der Waals surface area (Å²) in [5, 5.41) is 0. The Morgan fingerprint density at radius 3 is 1.42 bits per heavy atom. The lowest BCUT2D eigenvalue weighted by Crippen LogP contribution is -2.52. The van der Waals surface area contributed by atoms with E-state index < -0.39 is 0 Å². The van der Waals surface area contributed by atoms with E-state index in [1.165, 1.54) is 38.5 Å². The molecule has 0 radical (unpaired) electrons. The van der Waals surface area contributed by atoms with E-state index in [1.54, 1.807) is 0 Å². The van der Waals surface area contributed by atoms with Gasteiger partial charge in [-0.05, 0) is 25.7 Å². The minimum absolute atomic E-state index is 0.0466. The second-order valence-corrected chi connectivity index (χ2v) is 10.4. The average Bonchev–Trinajstić information content (AvgIpc) is 3.06. The number of carbonyl (C=O) groups excluding carboxylic acids is 2. The van der Waals surface area contributed by atoms with Crippen molar-refractivity contribution in [1.29, 1.82) is 0 Å². The van der Waals surface area contributed by atoms with E-state index in [9.17, 15) is 9.59 Å². The molecule has 134 valence electrons. The lowest BCUT2D eigenvalue weighted by Gasteiger charge is -2.44. The van der Waals surface area contributed by atoms with Crippen molar-refractivity contribution in [2.24, 2.45) is 0 Å². The maximum absolute atomic E-state index is 12.5. The van der Waals surface area contributed by atoms with Crippen LogP contribution >= 0.6 is 23.5 Å². The van der Waals surface area contributed by atoms with Gasteiger partial charge in [-0.25, -0.2) is 0 Å². The minimum Gasteiger partial charge on any atom is -0.326 e. The van der Waals surface area contributed by atoms with Crippen molar-refractivity contribution in [3.63, 3.8) is 0 Å². The monoisotopic (exact) mass is 368 g/mol. The number of thioether (sulfide) groups is 2. The van der Waals surface area contributed by atoms with Gasteiger partial charge in [-0.2, -0.15) is 0 Å². The molecular weight excluding hydrogens is 340 g/mol. The molecule has 0 aromatic carbocycles. The molecule has 6 heteroatoms. The zero-order valence-corrected chi connectivity index (χ0v) is 16.1. The summed E-state index contributed by atoms with van der Waals surface area (Å²) >= 11 is 3.72. The van der Waals surface area contributed by atoms with Gasteiger partial charge in [-0.3, -0.25) is 9.59 Å². The lowest BCUT2D eigenvalue weighted by atomic mass is 9.92. The molecule has 0 aromatic rings. The van der Waals surface area contributed by atoms with Crippen LogP contribution in [-0.4, -0.2) is 56.0 Å². The molecule has 2 aliphatic heterocycles. The molecule has 2 spiro atoms. The third kappa shape index (κ3) is 2.87. The van der Waals surface area contributed by atoms with E-state index in [-0.39, 0.29) is 9.74 Å². The number of hydrogen-bond donors (Lipinski definition) is 0. The molecule has 2 amide bonds. The molecule has 0 bridgehead atoms. The topological polar surface area (TPSA) is 40.6 Å². The highest BCUT2D eigenvalue weighted by atomic mass is 32.2. The summed E-state index contributed by atoms with van der Waals surface area (Å²) in [6.07, 6.45) is 12.1. The standard InChI is InChI=1S/C18H28N2O2S2/c21-15-13-23-17(7-3-1-4-8-17)19(15)11-12-20-16(22)14-24-18(20)9-5-2-6-10-18/h1-14H2. The van der Waals surface area contributed by atoms with Gasteiger partial charge in [0.05, 0.1) is 21.2 Å². The van der Waals surface area contributed by atoms with Gasteiger partial charge < -0.3 is 9.80 Å². The van der Waals surface area contributed by atoms with Crippen molar-refractivity contribution >= 4 is 35.3 Å². The van der Waals surface area contributed by atoms with Crippen molar-refractivity contribution in [2.75, 3.05) is 24.6 Å². The van der Waals surface area contributed by atoms with Crippen LogP contribution in [-0.2, 0) is 9.59 Å². The van der Waals surface area contributed by atoms with Crippen LogP contribution in [0.1, 0.15) is 64.2 Å². The maximum Gasteiger partial charge on any atom is 0.233 e. The minimum atomic E-state index is 0.0466. The van der Waals surface area contributed by atoms with E-state index in [0.29, 0.717) is 23.3 Å². The fourth-order valence-electron chi connectivity index (χ4n) is 5.05. The first-order valence-electron chi connectivity index (χ1n) is 9.54. The zero-order valence-electron chi connectivity index (χ0n) is 14.4. The molecule has 4 fully saturated rings. The first kappa shape index (κ1) is 17.1. The fourth-order valence-corrected chi connectivity index (χ4v) is 8.00. The lowest BCUT2D eigenvalue weighted by molar-refractivity contribution is -0.135. The third-order valence-electron chi connectivity index (χ3n) is 6.33. The Kier molecular flexibility index (Phi) is 4.80. The van der Waals surface area contributed by atoms with Crippen molar-refractivity contribution in [2.45, 2.75) is 74.0 Å². The summed E-state index contributed by atoms with van der Waals surface area (Å²) < 4.78 is 0. The molecule has 24 heavy (non-hydrogen) atoms. The van der Waals surface area contributed by atoms with E-state index in [4.69, 9.17) is 0 Å². The number of amides is 2. The van der Waals surface area contributed by atoms with Crippen LogP contribution < -0.4 is 0 Å². The molecule has 0 aromatic heterocycles. The van der Waals surface area contributed by atoms with Crippen LogP contribution in [0.5, 0.6) is 0 Å². The molecule has 0 N–H and O–H groups in total. The van der Waals surface area contributed by atoms with Gasteiger partial charge in [0.25, 0.3) is 0 Å². The summed E-state index contributed by atoms with van der Waals surface area (Å²) in [5.41, 5.74) is 0. The predicted molar refractivity (Wildman–Crippen MR) is 100.0 cm³/mol. The first-order chi connectivity index (χ1) is 11.7. The Bertz CT molecular complexity index is 467. The number of nitrogens with zero attached hydrogens (tertiary/aromatic N) is 2. The van der Waals surface area contributed by atoms with Crippen LogP contribution in [0.4, 0.5) is 0 Å². The third-order valence-corrected chi connectivity index (χ3v) is 9.45. The van der Waals surface area contributed by atoms with Gasteiger partial charge in [0, 0.05) is 13.1 Å². The van der Waals surface area contributed by atoms with Gasteiger partial charge in [-0.15, -0.1) is 23.5 Å². The number of rotatable bonds is 3. The van der Waals surface area contributed by atoms with Gasteiger partial charge in [0.1, 0.15) is 0 Å². The molecule has 2 aliphatic carbocycles. The quantitative estimate of drug-likeness (QED) is 0.765. The van der Waals surface area contributed by atoms with Crippen LogP contribution in [0, 0.1) is 0 Å². The van der Waals surface area contributed by atoms with Crippen LogP contribution in [0.15, 0.2) is 0 Å². The molecule has 0 atom stereocenters. The van der Waals surface area contributed by atoms with E-state index in [1.807, 2.05) is 23.5 Å². The summed E-state index contributed by atoms with van der Waals surface area (Å²) in [6, 6.07) is 0. The van der Waals surface area contributed by atoms with Crippen LogP contribution in [0.25, 0.3) is 0 Å². The Morgan fingerprint density at radius 1 is 0.667 bits per heavy atom. The number of hydrogen-bond acceptors (Lipinski definition) is 4. The van der Waals surface area contributed by atoms with Crippen molar-refractivity contribution in [3.8, 4) is 0 Å². The zero-order chi connectivity index (χ0) is 16.6. The van der Waals surface area contributed by atoms with Crippen molar-refractivity contribution in [3.05, 3.63) is 0 Å². The first-order valence-corrected chi connectivity index (χ1v) is 11.5. The highest BCUT2D eigenvalue weighted by molar-refractivity contribution is 8.02. The van der Waals surface area contributed by atoms with Gasteiger partial charge in [0.2, 0.25) is 11.8 Å². The fraction of sp³-hybridized carbons (Fsp3) is 0.889. The molecule has 2 saturated heterocycles. The van der Waals surface area contributed by atoms with Gasteiger partial charge in [0.15, 0.2) is 0 Å². The average molecular weight is 369 g/mol. The molecule has 2 heterocycles. The Hall–Kier alpha value is -0.360. The molecule has 4 aliphatic rings. The second-order valence-electron chi connectivity index (χ2n) is 7.68. The van der Waals surface area contributed by atoms with E-state index in [2.05, 4.69) is 9.80 Å². The van der Waals surface area contributed by atoms with E-state index in [0.717, 1.165) is 38.8 Å². The summed E-state index contributed by atoms with van der Waals surface area (Å²) in [4.78, 5) is 29.4. The second kappa shape index (κ2) is 6.75. The largest absolute Gasteiger partial charge is 0.326 e. The van der Waals surface area contributed by atoms with Crippen molar-refractivity contribution < 1.29 is 9.59 Å². The summed E-state index contributed by atoms with van der Waals surface area (Å²) in [6.45, 7) is 1.47. The predicted octanol–water partition coefficient (Wildman–Crippen LogP) is 3.46. The van der Waals surface area contributed by atoms with Crippen LogP contribution in [0.3, 0.4) is 0 Å². The highest BCUT2D eigenvalue weighted by Crippen LogP contribution is 2.49. The van der Waals surface area contributed by atoms with E-state index >= 15 is 0 Å². The molecule has 4 rings (SSSR count). The summed E-state index contributed by atoms with van der Waals surface area (Å²) in [7, 11) is 0. The number of carbonyl (C=O) groups is 2. The molecule has 4 nitrogen and oxygen atoms in total. The SMILES string of the molecule is O=C1CSC2(CCCCC2)N1CCN1C(=O)CSC12CCCCC2. The maximum atomic E-state index is 12.5. The normalized spacial score (nSPS) is 29.2. The highest BCUT2D eigenvalue weighted by Gasteiger charge is 2.49. The Morgan fingerprint density at radius 2 is 1.04 bits per heavy atom. The molecular formula is C18H28N2O2S2. The Balaban J connectivity index is 1.46. The summed E-state index contributed by atoms with van der Waals surface area (Å²) in [5.74, 6) is 1.85. The van der Waals surface area contributed by atoms with Gasteiger partial charge in [-0.1, -0.05) is 38.5 Å². The molecule has 2 saturated carbocycles. The van der Waals surface area contributed by atoms with Crippen molar-refractivity contribution in [1.82, 2.24) is 9.80 Å².